The third kappa shape index (κ3) is 11.2. The van der Waals surface area contributed by atoms with Crippen LogP contribution in [0.15, 0.2) is 0 Å². The average Bonchev–Trinajstić information content (AvgIpc) is 2.67. The summed E-state index contributed by atoms with van der Waals surface area (Å²) in [7, 11) is 0. The molecule has 0 aliphatic rings. The Kier molecular flexibility index (Phi) is 12.8. The van der Waals surface area contributed by atoms with E-state index in [9.17, 15) is 33.9 Å². The van der Waals surface area contributed by atoms with Crippen molar-refractivity contribution in [2.24, 2.45) is 5.73 Å². The Morgan fingerprint density at radius 3 is 1.71 bits per heavy atom. The van der Waals surface area contributed by atoms with Gasteiger partial charge in [-0.05, 0) is 18.4 Å². The molecule has 3 amide bonds. The van der Waals surface area contributed by atoms with E-state index < -0.39 is 79.2 Å². The van der Waals surface area contributed by atoms with E-state index in [0.29, 0.717) is 5.75 Å². The Hall–Kier alpha value is -2.91. The highest BCUT2D eigenvalue weighted by atomic mass is 32.2. The van der Waals surface area contributed by atoms with Gasteiger partial charge in [0.05, 0.1) is 25.5 Å². The number of aliphatic hydroxyl groups excluding tert-OH is 1. The molecule has 9 N–H and O–H groups in total. The van der Waals surface area contributed by atoms with Crippen LogP contribution < -0.4 is 21.7 Å². The third-order valence-electron chi connectivity index (χ3n) is 3.79. The Balaban J connectivity index is 5.23. The lowest BCUT2D eigenvalue weighted by molar-refractivity contribution is -0.147. The number of carboxylic acid groups (broad SMARTS) is 3. The first-order valence-electron chi connectivity index (χ1n) is 8.85. The molecule has 0 heterocycles. The smallest absolute Gasteiger partial charge is 0.326 e. The molecule has 0 fully saturated rings. The van der Waals surface area contributed by atoms with Gasteiger partial charge in [-0.3, -0.25) is 24.0 Å². The standard InChI is InChI=1S/C16H26N4O10S/c1-31-3-2-7(17)13(26)18-8(4-11(22)23)14(27)20-10(6-21)15(28)19-9(16(29)30)5-12(24)25/h7-10,21H,2-6,17H2,1H3,(H,18,26)(H,19,28)(H,20,27)(H,22,23)(H,24,25)(H,29,30). The fourth-order valence-electron chi connectivity index (χ4n) is 2.15. The summed E-state index contributed by atoms with van der Waals surface area (Å²) < 4.78 is 0. The van der Waals surface area contributed by atoms with E-state index in [1.807, 2.05) is 10.6 Å². The van der Waals surface area contributed by atoms with Crippen LogP contribution in [0.4, 0.5) is 0 Å². The fourth-order valence-corrected chi connectivity index (χ4v) is 2.64. The van der Waals surface area contributed by atoms with Gasteiger partial charge in [-0.1, -0.05) is 0 Å². The van der Waals surface area contributed by atoms with Crippen molar-refractivity contribution < 1.29 is 49.2 Å². The van der Waals surface area contributed by atoms with Crippen molar-refractivity contribution in [2.75, 3.05) is 18.6 Å². The molecule has 176 valence electrons. The highest BCUT2D eigenvalue weighted by molar-refractivity contribution is 7.98. The minimum atomic E-state index is -1.83. The molecule has 0 radical (unpaired) electrons. The van der Waals surface area contributed by atoms with Crippen LogP contribution in [0.3, 0.4) is 0 Å². The van der Waals surface area contributed by atoms with Crippen molar-refractivity contribution in [3.05, 3.63) is 0 Å². The van der Waals surface area contributed by atoms with Crippen LogP contribution in [0.5, 0.6) is 0 Å². The topological polar surface area (TPSA) is 245 Å². The molecule has 14 nitrogen and oxygen atoms in total. The molecule has 0 aromatic heterocycles. The van der Waals surface area contributed by atoms with Crippen LogP contribution in [0.25, 0.3) is 0 Å². The van der Waals surface area contributed by atoms with Crippen molar-refractivity contribution >= 4 is 47.4 Å². The lowest BCUT2D eigenvalue weighted by Gasteiger charge is -2.23. The molecule has 0 aromatic carbocycles. The predicted molar refractivity (Wildman–Crippen MR) is 106 cm³/mol. The van der Waals surface area contributed by atoms with Crippen LogP contribution >= 0.6 is 11.8 Å². The van der Waals surface area contributed by atoms with Crippen LogP contribution in [-0.4, -0.2) is 98.8 Å². The SMILES string of the molecule is CSCCC(N)C(=O)NC(CC(=O)O)C(=O)NC(CO)C(=O)NC(CC(=O)O)C(=O)O. The van der Waals surface area contributed by atoms with Gasteiger partial charge in [0.2, 0.25) is 17.7 Å². The van der Waals surface area contributed by atoms with E-state index in [0.717, 1.165) is 0 Å². The summed E-state index contributed by atoms with van der Waals surface area (Å²) in [6, 6.07) is -6.22. The Bertz CT molecular complexity index is 689. The maximum absolute atomic E-state index is 12.4. The zero-order valence-corrected chi connectivity index (χ0v) is 17.4. The molecular formula is C16H26N4O10S. The number of aliphatic hydroxyl groups is 1. The highest BCUT2D eigenvalue weighted by Gasteiger charge is 2.31. The molecule has 0 rings (SSSR count). The molecule has 31 heavy (non-hydrogen) atoms. The van der Waals surface area contributed by atoms with Gasteiger partial charge in [-0.25, -0.2) is 4.79 Å². The molecule has 0 saturated heterocycles. The lowest BCUT2D eigenvalue weighted by atomic mass is 10.1. The number of aliphatic carboxylic acids is 3. The predicted octanol–water partition coefficient (Wildman–Crippen LogP) is -3.45. The minimum Gasteiger partial charge on any atom is -0.481 e. The molecule has 0 aliphatic heterocycles. The molecule has 0 bridgehead atoms. The monoisotopic (exact) mass is 466 g/mol. The average molecular weight is 466 g/mol. The zero-order chi connectivity index (χ0) is 24.1. The van der Waals surface area contributed by atoms with Gasteiger partial charge in [0, 0.05) is 0 Å². The number of carboxylic acids is 3. The number of nitrogens with one attached hydrogen (secondary N) is 3. The van der Waals surface area contributed by atoms with Gasteiger partial charge in [0.1, 0.15) is 18.1 Å². The van der Waals surface area contributed by atoms with Gasteiger partial charge in [-0.15, -0.1) is 0 Å². The number of carbonyl (C=O) groups is 6. The number of nitrogens with two attached hydrogens (primary N) is 1. The normalized spacial score (nSPS) is 14.4. The second-order valence-corrected chi connectivity index (χ2v) is 7.27. The van der Waals surface area contributed by atoms with E-state index in [-0.39, 0.29) is 6.42 Å². The Morgan fingerprint density at radius 2 is 1.26 bits per heavy atom. The molecule has 0 saturated carbocycles. The maximum Gasteiger partial charge on any atom is 0.326 e. The van der Waals surface area contributed by atoms with Crippen molar-refractivity contribution in [3.63, 3.8) is 0 Å². The lowest BCUT2D eigenvalue weighted by Crippen LogP contribution is -2.58. The summed E-state index contributed by atoms with van der Waals surface area (Å²) >= 11 is 1.42. The highest BCUT2D eigenvalue weighted by Crippen LogP contribution is 2.02. The minimum absolute atomic E-state index is 0.260. The summed E-state index contributed by atoms with van der Waals surface area (Å²) in [4.78, 5) is 69.4. The number of hydrogen-bond acceptors (Lipinski definition) is 9. The van der Waals surface area contributed by atoms with E-state index in [2.05, 4.69) is 5.32 Å². The second-order valence-electron chi connectivity index (χ2n) is 6.29. The van der Waals surface area contributed by atoms with Crippen LogP contribution in [-0.2, 0) is 28.8 Å². The van der Waals surface area contributed by atoms with Crippen LogP contribution in [0, 0.1) is 0 Å². The van der Waals surface area contributed by atoms with Gasteiger partial charge >= 0.3 is 17.9 Å². The van der Waals surface area contributed by atoms with Gasteiger partial charge < -0.3 is 42.1 Å². The molecule has 0 aromatic rings. The van der Waals surface area contributed by atoms with Gasteiger partial charge in [0.15, 0.2) is 0 Å². The number of carbonyl (C=O) groups excluding carboxylic acids is 3. The van der Waals surface area contributed by atoms with Crippen molar-refractivity contribution in [1.82, 2.24) is 16.0 Å². The summed E-state index contributed by atoms with van der Waals surface area (Å²) in [5.74, 6) is -7.25. The third-order valence-corrected chi connectivity index (χ3v) is 4.43. The maximum atomic E-state index is 12.4. The van der Waals surface area contributed by atoms with E-state index in [1.54, 1.807) is 6.26 Å². The van der Waals surface area contributed by atoms with Crippen molar-refractivity contribution in [3.8, 4) is 0 Å². The first-order valence-corrected chi connectivity index (χ1v) is 10.2. The van der Waals surface area contributed by atoms with Gasteiger partial charge in [-0.2, -0.15) is 11.8 Å². The Labute approximate surface area is 180 Å². The molecule has 0 spiro atoms. The quantitative estimate of drug-likeness (QED) is 0.117. The first-order chi connectivity index (χ1) is 14.4. The molecule has 15 heteroatoms. The van der Waals surface area contributed by atoms with Crippen molar-refractivity contribution in [1.29, 1.82) is 0 Å². The van der Waals surface area contributed by atoms with E-state index in [1.165, 1.54) is 11.8 Å². The van der Waals surface area contributed by atoms with Gasteiger partial charge in [0.25, 0.3) is 0 Å². The van der Waals surface area contributed by atoms with Crippen LogP contribution in [0.2, 0.25) is 0 Å². The van der Waals surface area contributed by atoms with Crippen molar-refractivity contribution in [2.45, 2.75) is 43.4 Å². The largest absolute Gasteiger partial charge is 0.481 e. The summed E-state index contributed by atoms with van der Waals surface area (Å²) in [5, 5.41) is 42.0. The summed E-state index contributed by atoms with van der Waals surface area (Å²) in [5.41, 5.74) is 5.67. The molecule has 4 unspecified atom stereocenters. The number of amides is 3. The number of rotatable bonds is 15. The zero-order valence-electron chi connectivity index (χ0n) is 16.6. The Morgan fingerprint density at radius 1 is 0.806 bits per heavy atom. The molecule has 4 atom stereocenters. The van der Waals surface area contributed by atoms with Crippen LogP contribution in [0.1, 0.15) is 19.3 Å². The van der Waals surface area contributed by atoms with E-state index >= 15 is 0 Å². The fraction of sp³-hybridized carbons (Fsp3) is 0.625. The summed E-state index contributed by atoms with van der Waals surface area (Å²) in [6.07, 6.45) is 0.231. The molecular weight excluding hydrogens is 440 g/mol. The second kappa shape index (κ2) is 14.2. The van der Waals surface area contributed by atoms with E-state index in [4.69, 9.17) is 21.1 Å². The first kappa shape index (κ1) is 28.1. The summed E-state index contributed by atoms with van der Waals surface area (Å²) in [6.45, 7) is -1.02. The molecule has 0 aliphatic carbocycles. The number of hydrogen-bond donors (Lipinski definition) is 8. The number of thioether (sulfide) groups is 1.